The Morgan fingerprint density at radius 3 is 2.71 bits per heavy atom. The van der Waals surface area contributed by atoms with Gasteiger partial charge in [0.05, 0.1) is 18.1 Å². The fourth-order valence-corrected chi connectivity index (χ4v) is 4.06. The van der Waals surface area contributed by atoms with Crippen LogP contribution in [0.4, 0.5) is 10.8 Å². The van der Waals surface area contributed by atoms with Crippen molar-refractivity contribution >= 4 is 32.2 Å². The molecule has 1 aliphatic heterocycles. The normalized spacial score (nSPS) is 21.4. The average molecular weight is 367 g/mol. The molecule has 2 atom stereocenters. The van der Waals surface area contributed by atoms with Gasteiger partial charge in [0.25, 0.3) is 0 Å². The van der Waals surface area contributed by atoms with Crippen LogP contribution in [-0.4, -0.2) is 38.4 Å². The molecule has 1 aromatic carbocycles. The standard InChI is InChI=1S/C16H21N3O3S2/c1-11-9-14(7-8-22-11)17-16-18-15(10-23-16)12-3-5-13(6-4-12)19-24(2,20)21/h3-6,10-11,14,19H,7-9H2,1-2H3,(H,17,18). The van der Waals surface area contributed by atoms with E-state index in [2.05, 4.69) is 21.9 Å². The van der Waals surface area contributed by atoms with Gasteiger partial charge in [-0.1, -0.05) is 12.1 Å². The third-order valence-electron chi connectivity index (χ3n) is 3.80. The van der Waals surface area contributed by atoms with Crippen LogP contribution < -0.4 is 10.0 Å². The number of anilines is 2. The summed E-state index contributed by atoms with van der Waals surface area (Å²) < 4.78 is 30.5. The van der Waals surface area contributed by atoms with Crippen LogP contribution in [0.2, 0.25) is 0 Å². The number of benzene rings is 1. The second-order valence-electron chi connectivity index (χ2n) is 6.04. The quantitative estimate of drug-likeness (QED) is 0.848. The summed E-state index contributed by atoms with van der Waals surface area (Å²) >= 11 is 1.58. The molecule has 6 nitrogen and oxygen atoms in total. The van der Waals surface area contributed by atoms with E-state index in [0.717, 1.165) is 42.1 Å². The van der Waals surface area contributed by atoms with Crippen molar-refractivity contribution in [1.82, 2.24) is 4.98 Å². The van der Waals surface area contributed by atoms with Crippen molar-refractivity contribution in [3.05, 3.63) is 29.6 Å². The van der Waals surface area contributed by atoms with E-state index < -0.39 is 10.0 Å². The number of nitrogens with zero attached hydrogens (tertiary/aromatic N) is 1. The number of ether oxygens (including phenoxy) is 1. The summed E-state index contributed by atoms with van der Waals surface area (Å²) in [6.45, 7) is 2.87. The molecule has 0 amide bonds. The summed E-state index contributed by atoms with van der Waals surface area (Å²) in [6.07, 6.45) is 3.40. The van der Waals surface area contributed by atoms with Gasteiger partial charge in [-0.15, -0.1) is 11.3 Å². The number of thiazole rings is 1. The number of rotatable bonds is 5. The zero-order valence-corrected chi connectivity index (χ0v) is 15.3. The first kappa shape index (κ1) is 17.2. The Morgan fingerprint density at radius 2 is 2.04 bits per heavy atom. The highest BCUT2D eigenvalue weighted by Gasteiger charge is 2.20. The van der Waals surface area contributed by atoms with Crippen LogP contribution in [0.25, 0.3) is 11.3 Å². The van der Waals surface area contributed by atoms with Crippen LogP contribution in [-0.2, 0) is 14.8 Å². The lowest BCUT2D eigenvalue weighted by molar-refractivity contribution is 0.0232. The number of aromatic nitrogens is 1. The highest BCUT2D eigenvalue weighted by Crippen LogP contribution is 2.28. The topological polar surface area (TPSA) is 80.3 Å². The predicted molar refractivity (Wildman–Crippen MR) is 98.1 cm³/mol. The van der Waals surface area contributed by atoms with Crippen molar-refractivity contribution in [2.45, 2.75) is 31.9 Å². The van der Waals surface area contributed by atoms with Crippen LogP contribution in [0.5, 0.6) is 0 Å². The summed E-state index contributed by atoms with van der Waals surface area (Å²) in [5, 5.41) is 6.39. The van der Waals surface area contributed by atoms with Crippen LogP contribution in [0, 0.1) is 0 Å². The van der Waals surface area contributed by atoms with Crippen molar-refractivity contribution < 1.29 is 13.2 Å². The van der Waals surface area contributed by atoms with Gasteiger partial charge in [0.1, 0.15) is 0 Å². The van der Waals surface area contributed by atoms with Gasteiger partial charge in [-0.3, -0.25) is 4.72 Å². The minimum atomic E-state index is -3.26. The minimum absolute atomic E-state index is 0.283. The molecule has 0 spiro atoms. The molecule has 0 radical (unpaired) electrons. The molecule has 2 unspecified atom stereocenters. The molecule has 3 rings (SSSR count). The van der Waals surface area contributed by atoms with Crippen molar-refractivity contribution in [2.75, 3.05) is 22.9 Å². The van der Waals surface area contributed by atoms with Crippen LogP contribution in [0.15, 0.2) is 29.6 Å². The highest BCUT2D eigenvalue weighted by atomic mass is 32.2. The summed E-state index contributed by atoms with van der Waals surface area (Å²) in [4.78, 5) is 4.63. The van der Waals surface area contributed by atoms with Crippen molar-refractivity contribution in [1.29, 1.82) is 0 Å². The predicted octanol–water partition coefficient (Wildman–Crippen LogP) is 3.16. The number of hydrogen-bond acceptors (Lipinski definition) is 6. The maximum atomic E-state index is 11.2. The molecule has 2 aromatic rings. The van der Waals surface area contributed by atoms with E-state index in [1.54, 1.807) is 23.5 Å². The van der Waals surface area contributed by atoms with Crippen LogP contribution >= 0.6 is 11.3 Å². The monoisotopic (exact) mass is 367 g/mol. The molecular weight excluding hydrogens is 346 g/mol. The second kappa shape index (κ2) is 7.08. The van der Waals surface area contributed by atoms with Crippen LogP contribution in [0.1, 0.15) is 19.8 Å². The lowest BCUT2D eigenvalue weighted by Crippen LogP contribution is -2.32. The zero-order valence-electron chi connectivity index (χ0n) is 13.7. The van der Waals surface area contributed by atoms with Crippen LogP contribution in [0.3, 0.4) is 0 Å². The largest absolute Gasteiger partial charge is 0.378 e. The van der Waals surface area contributed by atoms with Gasteiger partial charge in [-0.25, -0.2) is 13.4 Å². The fourth-order valence-electron chi connectivity index (χ4n) is 2.70. The van der Waals surface area contributed by atoms with E-state index in [-0.39, 0.29) is 6.10 Å². The number of hydrogen-bond donors (Lipinski definition) is 2. The van der Waals surface area contributed by atoms with E-state index in [1.165, 1.54) is 0 Å². The second-order valence-corrected chi connectivity index (χ2v) is 8.64. The SMILES string of the molecule is CC1CC(Nc2nc(-c3ccc(NS(C)(=O)=O)cc3)cs2)CCO1. The van der Waals surface area contributed by atoms with E-state index in [4.69, 9.17) is 4.74 Å². The Balaban J connectivity index is 1.66. The summed E-state index contributed by atoms with van der Waals surface area (Å²) in [6, 6.07) is 7.60. The third kappa shape index (κ3) is 4.68. The van der Waals surface area contributed by atoms with Gasteiger partial charge in [-0.2, -0.15) is 0 Å². The van der Waals surface area contributed by atoms with Gasteiger partial charge in [0.2, 0.25) is 10.0 Å². The van der Waals surface area contributed by atoms with E-state index in [0.29, 0.717) is 11.7 Å². The molecule has 1 saturated heterocycles. The molecule has 1 aromatic heterocycles. The molecule has 2 heterocycles. The molecule has 0 saturated carbocycles. The summed E-state index contributed by atoms with van der Waals surface area (Å²) in [5.74, 6) is 0. The third-order valence-corrected chi connectivity index (χ3v) is 5.18. The Morgan fingerprint density at radius 1 is 1.29 bits per heavy atom. The van der Waals surface area contributed by atoms with Crippen molar-refractivity contribution in [3.8, 4) is 11.3 Å². The van der Waals surface area contributed by atoms with Crippen molar-refractivity contribution in [2.24, 2.45) is 0 Å². The maximum Gasteiger partial charge on any atom is 0.229 e. The first-order valence-corrected chi connectivity index (χ1v) is 10.6. The molecule has 1 fully saturated rings. The van der Waals surface area contributed by atoms with Gasteiger partial charge >= 0.3 is 0 Å². The Labute approximate surface area is 146 Å². The maximum absolute atomic E-state index is 11.2. The Bertz CT molecular complexity index is 787. The molecule has 2 N–H and O–H groups in total. The van der Waals surface area contributed by atoms with Crippen molar-refractivity contribution in [3.63, 3.8) is 0 Å². The first-order chi connectivity index (χ1) is 11.4. The first-order valence-electron chi connectivity index (χ1n) is 7.81. The fraction of sp³-hybridized carbons (Fsp3) is 0.438. The minimum Gasteiger partial charge on any atom is -0.378 e. The van der Waals surface area contributed by atoms with E-state index in [1.807, 2.05) is 17.5 Å². The molecular formula is C16H21N3O3S2. The Kier molecular flexibility index (Phi) is 5.07. The van der Waals surface area contributed by atoms with E-state index in [9.17, 15) is 8.42 Å². The lowest BCUT2D eigenvalue weighted by Gasteiger charge is -2.27. The number of sulfonamides is 1. The Hall–Kier alpha value is -1.64. The van der Waals surface area contributed by atoms with E-state index >= 15 is 0 Å². The molecule has 8 heteroatoms. The lowest BCUT2D eigenvalue weighted by atomic mass is 10.1. The average Bonchev–Trinajstić information content (AvgIpc) is 2.95. The van der Waals surface area contributed by atoms with Gasteiger partial charge in [0, 0.05) is 29.3 Å². The highest BCUT2D eigenvalue weighted by molar-refractivity contribution is 7.92. The summed E-state index contributed by atoms with van der Waals surface area (Å²) in [5.41, 5.74) is 2.39. The molecule has 1 aliphatic rings. The van der Waals surface area contributed by atoms with Gasteiger partial charge in [0.15, 0.2) is 5.13 Å². The summed E-state index contributed by atoms with van der Waals surface area (Å²) in [7, 11) is -3.26. The number of nitrogens with one attached hydrogen (secondary N) is 2. The van der Waals surface area contributed by atoms with Gasteiger partial charge in [-0.05, 0) is 31.9 Å². The smallest absolute Gasteiger partial charge is 0.229 e. The molecule has 24 heavy (non-hydrogen) atoms. The molecule has 130 valence electrons. The zero-order chi connectivity index (χ0) is 17.2. The molecule has 0 aliphatic carbocycles. The van der Waals surface area contributed by atoms with Gasteiger partial charge < -0.3 is 10.1 Å². The molecule has 0 bridgehead atoms.